The van der Waals surface area contributed by atoms with Crippen LogP contribution in [0.2, 0.25) is 5.02 Å². The minimum Gasteiger partial charge on any atom is -0.492 e. The first-order chi connectivity index (χ1) is 14.9. The van der Waals surface area contributed by atoms with Crippen LogP contribution in [0.4, 0.5) is 0 Å². The fourth-order valence-electron chi connectivity index (χ4n) is 3.36. The van der Waals surface area contributed by atoms with E-state index in [4.69, 9.17) is 21.1 Å². The molecule has 1 aliphatic heterocycles. The molecule has 1 saturated heterocycles. The third-order valence-corrected chi connectivity index (χ3v) is 6.70. The molecule has 1 heterocycles. The monoisotopic (exact) mass is 466 g/mol. The van der Waals surface area contributed by atoms with Crippen molar-refractivity contribution in [1.29, 1.82) is 0 Å². The maximum Gasteiger partial charge on any atom is 0.241 e. The van der Waals surface area contributed by atoms with Gasteiger partial charge in [-0.3, -0.25) is 4.79 Å². The van der Waals surface area contributed by atoms with Crippen molar-refractivity contribution in [3.05, 3.63) is 59.1 Å². The Morgan fingerprint density at radius 2 is 2.03 bits per heavy atom. The van der Waals surface area contributed by atoms with Crippen molar-refractivity contribution in [1.82, 2.24) is 10.0 Å². The van der Waals surface area contributed by atoms with Gasteiger partial charge in [0, 0.05) is 13.2 Å². The molecule has 2 aromatic rings. The van der Waals surface area contributed by atoms with E-state index in [1.807, 2.05) is 37.3 Å². The molecule has 0 radical (unpaired) electrons. The zero-order valence-corrected chi connectivity index (χ0v) is 18.9. The zero-order valence-electron chi connectivity index (χ0n) is 17.3. The normalized spacial score (nSPS) is 17.3. The summed E-state index contributed by atoms with van der Waals surface area (Å²) in [6.07, 6.45) is 2.00. The molecule has 0 aliphatic carbocycles. The van der Waals surface area contributed by atoms with Crippen LogP contribution in [0.5, 0.6) is 5.75 Å². The summed E-state index contributed by atoms with van der Waals surface area (Å²) in [7, 11) is -4.00. The second-order valence-corrected chi connectivity index (χ2v) is 9.39. The van der Waals surface area contributed by atoms with Crippen molar-refractivity contribution >= 4 is 27.5 Å². The van der Waals surface area contributed by atoms with Crippen LogP contribution in [0.25, 0.3) is 0 Å². The van der Waals surface area contributed by atoms with Crippen molar-refractivity contribution in [2.24, 2.45) is 0 Å². The first kappa shape index (κ1) is 23.5. The molecule has 1 aliphatic rings. The molecule has 0 spiro atoms. The lowest BCUT2D eigenvalue weighted by molar-refractivity contribution is -0.123. The van der Waals surface area contributed by atoms with Crippen molar-refractivity contribution in [2.45, 2.75) is 43.2 Å². The van der Waals surface area contributed by atoms with E-state index in [9.17, 15) is 13.2 Å². The smallest absolute Gasteiger partial charge is 0.241 e. The minimum absolute atomic E-state index is 0.0362. The van der Waals surface area contributed by atoms with Crippen molar-refractivity contribution in [2.75, 3.05) is 19.8 Å². The largest absolute Gasteiger partial charge is 0.492 e. The van der Waals surface area contributed by atoms with Crippen LogP contribution in [0.3, 0.4) is 0 Å². The first-order valence-corrected chi connectivity index (χ1v) is 12.1. The maximum atomic E-state index is 13.0. The van der Waals surface area contributed by atoms with Gasteiger partial charge in [-0.1, -0.05) is 41.9 Å². The number of ether oxygens (including phenoxy) is 2. The van der Waals surface area contributed by atoms with Crippen LogP contribution in [0.1, 0.15) is 25.3 Å². The number of benzene rings is 2. The Balaban J connectivity index is 1.77. The molecular formula is C22H27ClN2O5S. The molecule has 168 valence electrons. The van der Waals surface area contributed by atoms with Crippen LogP contribution in [0.15, 0.2) is 53.4 Å². The van der Waals surface area contributed by atoms with Gasteiger partial charge in [-0.15, -0.1) is 0 Å². The first-order valence-electron chi connectivity index (χ1n) is 10.3. The lowest BCUT2D eigenvalue weighted by Gasteiger charge is -2.20. The van der Waals surface area contributed by atoms with Crippen molar-refractivity contribution in [3.8, 4) is 5.75 Å². The van der Waals surface area contributed by atoms with Gasteiger partial charge in [0.2, 0.25) is 15.9 Å². The number of hydrogen-bond donors (Lipinski definition) is 2. The van der Waals surface area contributed by atoms with Crippen LogP contribution in [-0.4, -0.2) is 46.2 Å². The molecule has 7 nitrogen and oxygen atoms in total. The van der Waals surface area contributed by atoms with Gasteiger partial charge >= 0.3 is 0 Å². The van der Waals surface area contributed by atoms with Gasteiger partial charge in [0.25, 0.3) is 0 Å². The molecule has 9 heteroatoms. The number of sulfonamides is 1. The summed E-state index contributed by atoms with van der Waals surface area (Å²) in [5, 5.41) is 3.01. The summed E-state index contributed by atoms with van der Waals surface area (Å²) in [4.78, 5) is 12.8. The summed E-state index contributed by atoms with van der Waals surface area (Å²) in [6.45, 7) is 3.25. The van der Waals surface area contributed by atoms with Gasteiger partial charge in [-0.2, -0.15) is 4.72 Å². The molecular weight excluding hydrogens is 440 g/mol. The number of nitrogens with one attached hydrogen (secondary N) is 2. The maximum absolute atomic E-state index is 13.0. The van der Waals surface area contributed by atoms with E-state index in [1.54, 1.807) is 0 Å². The third kappa shape index (κ3) is 6.67. The van der Waals surface area contributed by atoms with Crippen LogP contribution < -0.4 is 14.8 Å². The fraction of sp³-hybridized carbons (Fsp3) is 0.409. The Hall–Kier alpha value is -2.13. The standard InChI is InChI=1S/C22H27ClN2O5S/c1-2-29-21-11-10-18(14-19(21)23)31(27,28)25-20(13-16-7-4-3-5-8-16)22(26)24-15-17-9-6-12-30-17/h3-5,7-8,10-11,14,17,20,25H,2,6,9,12-13,15H2,1H3,(H,24,26)/t17-,20+/m1/s1. The Kier molecular flexibility index (Phi) is 8.31. The lowest BCUT2D eigenvalue weighted by Crippen LogP contribution is -2.49. The highest BCUT2D eigenvalue weighted by atomic mass is 35.5. The van der Waals surface area contributed by atoms with Gasteiger partial charge in [0.1, 0.15) is 11.8 Å². The Morgan fingerprint density at radius 3 is 2.68 bits per heavy atom. The van der Waals surface area contributed by atoms with Gasteiger partial charge in [0.05, 0.1) is 22.6 Å². The lowest BCUT2D eigenvalue weighted by atomic mass is 10.1. The molecule has 2 aromatic carbocycles. The highest BCUT2D eigenvalue weighted by Crippen LogP contribution is 2.27. The molecule has 2 N–H and O–H groups in total. The van der Waals surface area contributed by atoms with Crippen molar-refractivity contribution in [3.63, 3.8) is 0 Å². The second kappa shape index (κ2) is 10.9. The summed E-state index contributed by atoms with van der Waals surface area (Å²) in [5.41, 5.74) is 0.840. The number of hydrogen-bond acceptors (Lipinski definition) is 5. The SMILES string of the molecule is CCOc1ccc(S(=O)(=O)N[C@@H](Cc2ccccc2)C(=O)NC[C@H]2CCCO2)cc1Cl. The topological polar surface area (TPSA) is 93.7 Å². The number of rotatable bonds is 10. The number of amides is 1. The highest BCUT2D eigenvalue weighted by Gasteiger charge is 2.27. The van der Waals surface area contributed by atoms with Crippen molar-refractivity contribution < 1.29 is 22.7 Å². The molecule has 0 bridgehead atoms. The molecule has 0 unspecified atom stereocenters. The summed E-state index contributed by atoms with van der Waals surface area (Å²) in [6, 6.07) is 12.5. The third-order valence-electron chi connectivity index (χ3n) is 4.94. The van der Waals surface area contributed by atoms with Gasteiger partial charge < -0.3 is 14.8 Å². The molecule has 0 saturated carbocycles. The predicted octanol–water partition coefficient (Wildman–Crippen LogP) is 2.92. The van der Waals surface area contributed by atoms with Crippen LogP contribution >= 0.6 is 11.6 Å². The van der Waals surface area contributed by atoms with E-state index in [0.717, 1.165) is 18.4 Å². The van der Waals surface area contributed by atoms with Gasteiger partial charge in [-0.25, -0.2) is 8.42 Å². The molecule has 2 atom stereocenters. The van der Waals surface area contributed by atoms with Gasteiger partial charge in [-0.05, 0) is 49.9 Å². The van der Waals surface area contributed by atoms with Crippen LogP contribution in [0, 0.1) is 0 Å². The minimum atomic E-state index is -4.00. The Morgan fingerprint density at radius 1 is 1.26 bits per heavy atom. The quantitative estimate of drug-likeness (QED) is 0.561. The molecule has 0 aromatic heterocycles. The van der Waals surface area contributed by atoms with Gasteiger partial charge in [0.15, 0.2) is 0 Å². The predicted molar refractivity (Wildman–Crippen MR) is 119 cm³/mol. The number of halogens is 1. The van der Waals surface area contributed by atoms with E-state index in [-0.39, 0.29) is 22.4 Å². The number of carbonyl (C=O) groups is 1. The Bertz CT molecular complexity index is 979. The number of carbonyl (C=O) groups excluding carboxylic acids is 1. The highest BCUT2D eigenvalue weighted by molar-refractivity contribution is 7.89. The second-order valence-electron chi connectivity index (χ2n) is 7.27. The average molecular weight is 467 g/mol. The fourth-order valence-corrected chi connectivity index (χ4v) is 4.88. The van der Waals surface area contributed by atoms with E-state index in [1.165, 1.54) is 18.2 Å². The zero-order chi connectivity index (χ0) is 22.3. The molecule has 3 rings (SSSR count). The molecule has 31 heavy (non-hydrogen) atoms. The molecule has 1 amide bonds. The summed E-state index contributed by atoms with van der Waals surface area (Å²) >= 11 is 6.16. The van der Waals surface area contributed by atoms with E-state index >= 15 is 0 Å². The summed E-state index contributed by atoms with van der Waals surface area (Å²) < 4.78 is 39.4. The average Bonchev–Trinajstić information content (AvgIpc) is 3.27. The molecule has 1 fully saturated rings. The summed E-state index contributed by atoms with van der Waals surface area (Å²) in [5.74, 6) is -0.00165. The van der Waals surface area contributed by atoms with Crippen LogP contribution in [-0.2, 0) is 26.0 Å². The van der Waals surface area contributed by atoms with E-state index < -0.39 is 22.0 Å². The van der Waals surface area contributed by atoms with E-state index in [2.05, 4.69) is 10.0 Å². The Labute approximate surface area is 188 Å². The van der Waals surface area contributed by atoms with E-state index in [0.29, 0.717) is 25.5 Å².